The van der Waals surface area contributed by atoms with E-state index in [1.165, 1.54) is 0 Å². The molecule has 1 unspecified atom stereocenters. The largest absolute Gasteiger partial charge is 0.496 e. The number of benzene rings is 2. The summed E-state index contributed by atoms with van der Waals surface area (Å²) in [6.07, 6.45) is 0.781. The van der Waals surface area contributed by atoms with Crippen molar-refractivity contribution in [3.05, 3.63) is 68.5 Å². The lowest BCUT2D eigenvalue weighted by atomic mass is 10.1. The molecular formula is C28H32BrN5O5. The van der Waals surface area contributed by atoms with E-state index in [1.807, 2.05) is 13.0 Å². The molecule has 0 radical (unpaired) electrons. The van der Waals surface area contributed by atoms with Crippen molar-refractivity contribution in [3.63, 3.8) is 0 Å². The van der Waals surface area contributed by atoms with Gasteiger partial charge in [0.15, 0.2) is 0 Å². The number of methoxy groups -OCH3 is 2. The molecule has 1 aliphatic heterocycles. The van der Waals surface area contributed by atoms with Crippen LogP contribution >= 0.6 is 15.9 Å². The third kappa shape index (κ3) is 5.81. The summed E-state index contributed by atoms with van der Waals surface area (Å²) in [6, 6.07) is 11.3. The Bertz CT molecular complexity index is 1520. The first-order valence-electron chi connectivity index (χ1n) is 12.7. The first kappa shape index (κ1) is 27.2. The van der Waals surface area contributed by atoms with Crippen LogP contribution in [-0.4, -0.2) is 73.2 Å². The number of aryl methyl sites for hydroxylation is 1. The molecular weight excluding hydrogens is 566 g/mol. The molecule has 0 saturated carbocycles. The molecule has 3 heterocycles. The van der Waals surface area contributed by atoms with Crippen LogP contribution in [0.3, 0.4) is 0 Å². The Kier molecular flexibility index (Phi) is 8.22. The number of H-pyrrole nitrogens is 2. The van der Waals surface area contributed by atoms with Gasteiger partial charge >= 0.3 is 0 Å². The molecule has 0 bridgehead atoms. The van der Waals surface area contributed by atoms with Gasteiger partial charge in [-0.3, -0.25) is 4.79 Å². The molecule has 2 aromatic heterocycles. The van der Waals surface area contributed by atoms with Crippen molar-refractivity contribution in [2.45, 2.75) is 19.1 Å². The van der Waals surface area contributed by atoms with Gasteiger partial charge in [0.1, 0.15) is 17.1 Å². The summed E-state index contributed by atoms with van der Waals surface area (Å²) in [5.41, 5.74) is 5.08. The van der Waals surface area contributed by atoms with Crippen LogP contribution in [0.1, 0.15) is 17.2 Å². The molecule has 11 heteroatoms. The average Bonchev–Trinajstić information content (AvgIpc) is 3.36. The average molecular weight is 598 g/mol. The Balaban J connectivity index is 1.41. The number of nitrogens with zero attached hydrogens (tertiary/aromatic N) is 2. The van der Waals surface area contributed by atoms with Crippen LogP contribution in [0.25, 0.3) is 22.4 Å². The zero-order valence-electron chi connectivity index (χ0n) is 22.1. The van der Waals surface area contributed by atoms with Crippen molar-refractivity contribution in [3.8, 4) is 17.1 Å². The van der Waals surface area contributed by atoms with E-state index in [1.54, 1.807) is 38.6 Å². The number of anilines is 2. The zero-order valence-corrected chi connectivity index (χ0v) is 23.7. The molecule has 1 saturated heterocycles. The number of imidazole rings is 1. The number of aliphatic hydroxyl groups excluding tert-OH is 1. The molecule has 1 aliphatic rings. The summed E-state index contributed by atoms with van der Waals surface area (Å²) in [6.45, 7) is 4.90. The Labute approximate surface area is 234 Å². The van der Waals surface area contributed by atoms with Crippen LogP contribution in [0, 0.1) is 6.92 Å². The molecule has 1 fully saturated rings. The van der Waals surface area contributed by atoms with E-state index in [-0.39, 0.29) is 18.2 Å². The number of aromatic nitrogens is 3. The van der Waals surface area contributed by atoms with E-state index in [2.05, 4.69) is 48.2 Å². The number of pyridine rings is 1. The number of ether oxygens (including phenoxy) is 3. The van der Waals surface area contributed by atoms with Crippen molar-refractivity contribution in [2.24, 2.45) is 0 Å². The van der Waals surface area contributed by atoms with Crippen molar-refractivity contribution in [1.82, 2.24) is 15.0 Å². The predicted octanol–water partition coefficient (Wildman–Crippen LogP) is 3.99. The van der Waals surface area contributed by atoms with Gasteiger partial charge in [-0.05, 0) is 64.3 Å². The van der Waals surface area contributed by atoms with E-state index < -0.39 is 6.10 Å². The molecule has 39 heavy (non-hydrogen) atoms. The summed E-state index contributed by atoms with van der Waals surface area (Å²) >= 11 is 3.46. The highest BCUT2D eigenvalue weighted by molar-refractivity contribution is 9.10. The second-order valence-electron chi connectivity index (χ2n) is 9.52. The van der Waals surface area contributed by atoms with Crippen LogP contribution in [-0.2, 0) is 9.47 Å². The maximum Gasteiger partial charge on any atom is 0.261 e. The number of hydrogen-bond donors (Lipinski definition) is 4. The lowest BCUT2D eigenvalue weighted by Crippen LogP contribution is -2.44. The van der Waals surface area contributed by atoms with Crippen molar-refractivity contribution in [2.75, 3.05) is 57.3 Å². The first-order chi connectivity index (χ1) is 18.9. The molecule has 5 rings (SSSR count). The van der Waals surface area contributed by atoms with Gasteiger partial charge in [0.05, 0.1) is 53.7 Å². The quantitative estimate of drug-likeness (QED) is 0.228. The van der Waals surface area contributed by atoms with Crippen LogP contribution < -0.4 is 20.5 Å². The van der Waals surface area contributed by atoms with Crippen LogP contribution in [0.5, 0.6) is 5.75 Å². The number of aromatic amines is 2. The van der Waals surface area contributed by atoms with E-state index in [0.717, 1.165) is 39.8 Å². The number of morpholine rings is 1. The highest BCUT2D eigenvalue weighted by Gasteiger charge is 2.23. The molecule has 4 N–H and O–H groups in total. The molecule has 206 valence electrons. The van der Waals surface area contributed by atoms with Gasteiger partial charge in [-0.2, -0.15) is 0 Å². The second-order valence-corrected chi connectivity index (χ2v) is 10.4. The van der Waals surface area contributed by atoms with Crippen LogP contribution in [0.4, 0.5) is 11.4 Å². The molecule has 0 spiro atoms. The highest BCUT2D eigenvalue weighted by Crippen LogP contribution is 2.31. The van der Waals surface area contributed by atoms with E-state index >= 15 is 0 Å². The third-order valence-corrected chi connectivity index (χ3v) is 7.48. The summed E-state index contributed by atoms with van der Waals surface area (Å²) in [5.74, 6) is 1.14. The van der Waals surface area contributed by atoms with Gasteiger partial charge in [0, 0.05) is 38.6 Å². The van der Waals surface area contributed by atoms with Crippen molar-refractivity contribution < 1.29 is 19.3 Å². The number of fused-ring (bicyclic) bond motifs is 1. The number of halogens is 1. The topological polar surface area (TPSA) is 125 Å². The molecule has 10 nitrogen and oxygen atoms in total. The maximum absolute atomic E-state index is 13.0. The lowest BCUT2D eigenvalue weighted by molar-refractivity contribution is -0.0100. The molecule has 2 atom stereocenters. The number of hydrogen-bond acceptors (Lipinski definition) is 8. The predicted molar refractivity (Wildman–Crippen MR) is 155 cm³/mol. The Morgan fingerprint density at radius 1 is 1.28 bits per heavy atom. The van der Waals surface area contributed by atoms with Crippen molar-refractivity contribution >= 4 is 38.3 Å². The SMILES string of the molecule is COCC1CN(c2cc(C)c3nc(-c4c(NC[C@@H](O)c5ccc(OC)c(Br)c5)cc[nH]c4=O)[nH]c3c2)CCO1. The van der Waals surface area contributed by atoms with Crippen LogP contribution in [0.2, 0.25) is 0 Å². The van der Waals surface area contributed by atoms with E-state index in [4.69, 9.17) is 19.2 Å². The fraction of sp³-hybridized carbons (Fsp3) is 0.357. The molecule has 2 aromatic carbocycles. The smallest absolute Gasteiger partial charge is 0.261 e. The Hall–Kier alpha value is -3.38. The third-order valence-electron chi connectivity index (χ3n) is 6.86. The minimum atomic E-state index is -0.810. The summed E-state index contributed by atoms with van der Waals surface area (Å²) in [5, 5.41) is 14.0. The van der Waals surface area contributed by atoms with Gasteiger partial charge in [-0.15, -0.1) is 0 Å². The minimum Gasteiger partial charge on any atom is -0.496 e. The molecule has 4 aromatic rings. The number of nitrogens with one attached hydrogen (secondary N) is 3. The Morgan fingerprint density at radius 2 is 2.13 bits per heavy atom. The summed E-state index contributed by atoms with van der Waals surface area (Å²) in [4.78, 5) is 26.1. The first-order valence-corrected chi connectivity index (χ1v) is 13.5. The summed E-state index contributed by atoms with van der Waals surface area (Å²) in [7, 11) is 3.27. The van der Waals surface area contributed by atoms with Crippen molar-refractivity contribution in [1.29, 1.82) is 0 Å². The van der Waals surface area contributed by atoms with Gasteiger partial charge in [-0.25, -0.2) is 4.98 Å². The standard InChI is InChI=1S/C28H32BrN5O5/c1-16-10-18(34-8-9-39-19(14-34)15-37-2)12-22-26(16)33-27(32-22)25-21(6-7-30-28(25)36)31-13-23(35)17-4-5-24(38-3)20(29)11-17/h4-7,10-12,19,23,35H,8-9,13-15H2,1-3H3,(H,32,33)(H2,30,31,36)/t19?,23-/m1/s1. The lowest BCUT2D eigenvalue weighted by Gasteiger charge is -2.34. The Morgan fingerprint density at radius 3 is 2.90 bits per heavy atom. The van der Waals surface area contributed by atoms with Gasteiger partial charge in [0.25, 0.3) is 5.56 Å². The zero-order chi connectivity index (χ0) is 27.5. The number of rotatable bonds is 9. The monoisotopic (exact) mass is 597 g/mol. The fourth-order valence-corrected chi connectivity index (χ4v) is 5.45. The van der Waals surface area contributed by atoms with E-state index in [0.29, 0.717) is 41.6 Å². The number of aliphatic hydroxyl groups is 1. The van der Waals surface area contributed by atoms with E-state index in [9.17, 15) is 9.90 Å². The summed E-state index contributed by atoms with van der Waals surface area (Å²) < 4.78 is 17.1. The van der Waals surface area contributed by atoms with Gasteiger partial charge in [0.2, 0.25) is 0 Å². The second kappa shape index (κ2) is 11.8. The van der Waals surface area contributed by atoms with Crippen LogP contribution in [0.15, 0.2) is 51.9 Å². The van der Waals surface area contributed by atoms with Gasteiger partial charge in [-0.1, -0.05) is 6.07 Å². The highest BCUT2D eigenvalue weighted by atomic mass is 79.9. The molecule has 0 amide bonds. The fourth-order valence-electron chi connectivity index (χ4n) is 4.89. The molecule has 0 aliphatic carbocycles. The maximum atomic E-state index is 13.0. The minimum absolute atomic E-state index is 0.0166. The van der Waals surface area contributed by atoms with Gasteiger partial charge < -0.3 is 39.5 Å². The normalized spacial score (nSPS) is 16.4.